The minimum Gasteiger partial charge on any atom is -0.375 e. The first-order valence-electron chi connectivity index (χ1n) is 12.6. The van der Waals surface area contributed by atoms with Crippen LogP contribution in [-0.2, 0) is 23.1 Å². The van der Waals surface area contributed by atoms with Gasteiger partial charge in [0, 0.05) is 37.4 Å². The van der Waals surface area contributed by atoms with Gasteiger partial charge >= 0.3 is 6.18 Å². The van der Waals surface area contributed by atoms with E-state index in [4.69, 9.17) is 0 Å². The van der Waals surface area contributed by atoms with Crippen LogP contribution in [0.3, 0.4) is 0 Å². The van der Waals surface area contributed by atoms with Gasteiger partial charge in [0.25, 0.3) is 5.91 Å². The molecule has 0 radical (unpaired) electrons. The topological polar surface area (TPSA) is 40.5 Å². The third-order valence-electron chi connectivity index (χ3n) is 8.10. The van der Waals surface area contributed by atoms with E-state index in [-0.39, 0.29) is 17.9 Å². The summed E-state index contributed by atoms with van der Waals surface area (Å²) in [6.45, 7) is 1.76. The maximum absolute atomic E-state index is 13.7. The second-order valence-corrected chi connectivity index (χ2v) is 10.8. The summed E-state index contributed by atoms with van der Waals surface area (Å²) < 4.78 is 39.3. The van der Waals surface area contributed by atoms with Crippen molar-refractivity contribution in [3.63, 3.8) is 0 Å². The van der Waals surface area contributed by atoms with Crippen molar-refractivity contribution in [2.24, 2.45) is 5.92 Å². The summed E-state index contributed by atoms with van der Waals surface area (Å²) in [7, 11) is 4.19. The molecular formula is C28H36F3N2O2+. The Balaban J connectivity index is 1.42. The van der Waals surface area contributed by atoms with Crippen molar-refractivity contribution in [3.8, 4) is 0 Å². The number of carbonyl (C=O) groups excluding carboxylic acids is 1. The molecule has 1 aliphatic carbocycles. The number of piperidine rings is 1. The summed E-state index contributed by atoms with van der Waals surface area (Å²) in [5.74, 6) is -0.260. The summed E-state index contributed by atoms with van der Waals surface area (Å²) in [6, 6.07) is 15.0. The number of hydrogen-bond acceptors (Lipinski definition) is 2. The molecular weight excluding hydrogens is 453 g/mol. The first kappa shape index (κ1) is 25.7. The summed E-state index contributed by atoms with van der Waals surface area (Å²) >= 11 is 0. The molecule has 1 atom stereocenters. The van der Waals surface area contributed by atoms with Crippen LogP contribution in [0.2, 0.25) is 0 Å². The zero-order valence-corrected chi connectivity index (χ0v) is 20.6. The maximum Gasteiger partial charge on any atom is 0.416 e. The standard InChI is InChI=1S/C28H36F3N2O2/c1-33(2,20-21-12-14-24(15-13-21)28(29,30)31)25-16-18-32(19-17-25)26(34)27(35,23-10-6-7-11-23)22-8-4-3-5-9-22/h3-5,8-9,12-15,23,25,35H,6-7,10-11,16-20H2,1-2H3/q+1. The predicted molar refractivity (Wildman–Crippen MR) is 129 cm³/mol. The number of benzene rings is 2. The highest BCUT2D eigenvalue weighted by Crippen LogP contribution is 2.42. The van der Waals surface area contributed by atoms with Crippen LogP contribution in [0.15, 0.2) is 54.6 Å². The minimum atomic E-state index is -4.33. The van der Waals surface area contributed by atoms with Gasteiger partial charge in [-0.1, -0.05) is 55.3 Å². The summed E-state index contributed by atoms with van der Waals surface area (Å²) in [4.78, 5) is 15.6. The van der Waals surface area contributed by atoms with E-state index < -0.39 is 17.3 Å². The van der Waals surface area contributed by atoms with Crippen molar-refractivity contribution in [3.05, 3.63) is 71.3 Å². The number of amides is 1. The van der Waals surface area contributed by atoms with E-state index in [2.05, 4.69) is 14.1 Å². The average Bonchev–Trinajstić information content (AvgIpc) is 3.39. The molecule has 1 saturated heterocycles. The SMILES string of the molecule is C[N+](C)(Cc1ccc(C(F)(F)F)cc1)C1CCN(C(=O)C(O)(c2ccccc2)C2CCCC2)CC1. The molecule has 2 aromatic carbocycles. The molecule has 0 aromatic heterocycles. The number of halogens is 3. The Morgan fingerprint density at radius 3 is 2.03 bits per heavy atom. The fraction of sp³-hybridized carbons (Fsp3) is 0.536. The molecule has 0 bridgehead atoms. The van der Waals surface area contributed by atoms with E-state index in [1.54, 1.807) is 12.1 Å². The highest BCUT2D eigenvalue weighted by atomic mass is 19.4. The Morgan fingerprint density at radius 1 is 0.914 bits per heavy atom. The van der Waals surface area contributed by atoms with Crippen LogP contribution in [-0.4, -0.2) is 53.6 Å². The Labute approximate surface area is 205 Å². The predicted octanol–water partition coefficient (Wildman–Crippen LogP) is 5.35. The Kier molecular flexibility index (Phi) is 7.30. The fourth-order valence-electron chi connectivity index (χ4n) is 5.98. The molecule has 1 saturated carbocycles. The van der Waals surface area contributed by atoms with Crippen LogP contribution in [0.4, 0.5) is 13.2 Å². The lowest BCUT2D eigenvalue weighted by Gasteiger charge is -2.45. The largest absolute Gasteiger partial charge is 0.416 e. The lowest BCUT2D eigenvalue weighted by Crippen LogP contribution is -2.57. The van der Waals surface area contributed by atoms with Gasteiger partial charge in [0.2, 0.25) is 0 Å². The molecule has 2 aromatic rings. The van der Waals surface area contributed by atoms with Crippen molar-refractivity contribution >= 4 is 5.91 Å². The number of likely N-dealkylation sites (tertiary alicyclic amines) is 1. The van der Waals surface area contributed by atoms with Gasteiger partial charge in [0.05, 0.1) is 25.7 Å². The first-order chi connectivity index (χ1) is 16.5. The number of hydrogen-bond donors (Lipinski definition) is 1. The Bertz CT molecular complexity index is 993. The highest BCUT2D eigenvalue weighted by molar-refractivity contribution is 5.87. The van der Waals surface area contributed by atoms with Gasteiger partial charge in [-0.15, -0.1) is 0 Å². The van der Waals surface area contributed by atoms with Gasteiger partial charge in [-0.3, -0.25) is 4.79 Å². The molecule has 2 aliphatic rings. The monoisotopic (exact) mass is 489 g/mol. The normalized spacial score (nSPS) is 20.1. The fourth-order valence-corrected chi connectivity index (χ4v) is 5.98. The van der Waals surface area contributed by atoms with Crippen LogP contribution >= 0.6 is 0 Å². The van der Waals surface area contributed by atoms with Crippen LogP contribution in [0, 0.1) is 5.92 Å². The number of rotatable bonds is 6. The Morgan fingerprint density at radius 2 is 1.49 bits per heavy atom. The van der Waals surface area contributed by atoms with Gasteiger partial charge in [0.15, 0.2) is 5.60 Å². The highest BCUT2D eigenvalue weighted by Gasteiger charge is 2.49. The lowest BCUT2D eigenvalue weighted by molar-refractivity contribution is -0.929. The number of carbonyl (C=O) groups is 1. The summed E-state index contributed by atoms with van der Waals surface area (Å²) in [6.07, 6.45) is 1.01. The van der Waals surface area contributed by atoms with Crippen LogP contribution in [0.5, 0.6) is 0 Å². The third-order valence-corrected chi connectivity index (χ3v) is 8.10. The quantitative estimate of drug-likeness (QED) is 0.556. The van der Waals surface area contributed by atoms with Gasteiger partial charge < -0.3 is 14.5 Å². The number of nitrogens with zero attached hydrogens (tertiary/aromatic N) is 2. The molecule has 1 N–H and O–H groups in total. The zero-order valence-electron chi connectivity index (χ0n) is 20.6. The van der Waals surface area contributed by atoms with Gasteiger partial charge in [0.1, 0.15) is 6.54 Å². The van der Waals surface area contributed by atoms with Crippen molar-refractivity contribution in [2.45, 2.75) is 62.9 Å². The van der Waals surface area contributed by atoms with E-state index in [1.165, 1.54) is 0 Å². The van der Waals surface area contributed by atoms with E-state index in [9.17, 15) is 23.1 Å². The second kappa shape index (κ2) is 9.94. The van der Waals surface area contributed by atoms with Crippen molar-refractivity contribution < 1.29 is 27.6 Å². The molecule has 7 heteroatoms. The molecule has 4 rings (SSSR count). The van der Waals surface area contributed by atoms with Gasteiger partial charge in [-0.25, -0.2) is 0 Å². The molecule has 35 heavy (non-hydrogen) atoms. The smallest absolute Gasteiger partial charge is 0.375 e. The average molecular weight is 490 g/mol. The maximum atomic E-state index is 13.7. The molecule has 0 spiro atoms. The van der Waals surface area contributed by atoms with E-state index in [1.807, 2.05) is 35.2 Å². The first-order valence-corrected chi connectivity index (χ1v) is 12.6. The molecule has 1 unspecified atom stereocenters. The molecule has 1 amide bonds. The van der Waals surface area contributed by atoms with E-state index in [0.717, 1.165) is 56.2 Å². The molecule has 190 valence electrons. The zero-order chi connectivity index (χ0) is 25.3. The van der Waals surface area contributed by atoms with E-state index >= 15 is 0 Å². The third kappa shape index (κ3) is 5.41. The molecule has 2 fully saturated rings. The number of quaternary nitrogens is 1. The molecule has 1 heterocycles. The van der Waals surface area contributed by atoms with Crippen LogP contribution in [0.1, 0.15) is 55.2 Å². The van der Waals surface area contributed by atoms with Gasteiger partial charge in [-0.2, -0.15) is 13.2 Å². The van der Waals surface area contributed by atoms with E-state index in [0.29, 0.717) is 29.7 Å². The number of aliphatic hydroxyl groups is 1. The lowest BCUT2D eigenvalue weighted by atomic mass is 9.78. The van der Waals surface area contributed by atoms with Crippen molar-refractivity contribution in [1.29, 1.82) is 0 Å². The van der Waals surface area contributed by atoms with Gasteiger partial charge in [-0.05, 0) is 30.5 Å². The Hall–Kier alpha value is -2.38. The minimum absolute atomic E-state index is 0.0676. The van der Waals surface area contributed by atoms with Crippen molar-refractivity contribution in [1.82, 2.24) is 4.90 Å². The van der Waals surface area contributed by atoms with Crippen molar-refractivity contribution in [2.75, 3.05) is 27.2 Å². The number of alkyl halides is 3. The second-order valence-electron chi connectivity index (χ2n) is 10.8. The summed E-state index contributed by atoms with van der Waals surface area (Å²) in [5, 5.41) is 11.8. The molecule has 1 aliphatic heterocycles. The van der Waals surface area contributed by atoms with Crippen LogP contribution < -0.4 is 0 Å². The molecule has 4 nitrogen and oxygen atoms in total. The summed E-state index contributed by atoms with van der Waals surface area (Å²) in [5.41, 5.74) is -0.583. The van der Waals surface area contributed by atoms with Crippen LogP contribution in [0.25, 0.3) is 0 Å².